The molecule has 2 aliphatic heterocycles. The maximum Gasteiger partial charge on any atom is 0.251 e. The minimum Gasteiger partial charge on any atom is -0.447 e. The van der Waals surface area contributed by atoms with E-state index in [4.69, 9.17) is 16.3 Å². The lowest BCUT2D eigenvalue weighted by molar-refractivity contribution is 0.0924. The van der Waals surface area contributed by atoms with E-state index in [9.17, 15) is 4.79 Å². The predicted molar refractivity (Wildman–Crippen MR) is 91.6 cm³/mol. The minimum absolute atomic E-state index is 0.00512. The number of amides is 1. The number of hydrogen-bond acceptors (Lipinski definition) is 4. The molecule has 3 atom stereocenters. The number of ether oxygens (including phenoxy) is 1. The Labute approximate surface area is 144 Å². The molecule has 2 bridgehead atoms. The first-order chi connectivity index (χ1) is 11.2. The first kappa shape index (κ1) is 15.0. The second-order valence-corrected chi connectivity index (χ2v) is 7.75. The number of nitrogens with zero attached hydrogens (tertiary/aromatic N) is 1. The molecule has 2 aliphatic rings. The number of carbonyl (C=O) groups excluding carboxylic acids is 1. The Morgan fingerprint density at radius 1 is 1.22 bits per heavy atom. The molecule has 1 aromatic carbocycles. The van der Waals surface area contributed by atoms with E-state index < -0.39 is 0 Å². The molecule has 4 rings (SSSR count). The standard InChI is InChI=1S/C17H17ClN2O2S/c18-15-5-6-16(23-15)22-13-3-1-11(2-4-13)17(21)19-14-10-20-8-7-12(14)9-20/h1-6,12,14H,7-10H2,(H,19,21). The van der Waals surface area contributed by atoms with E-state index in [1.807, 2.05) is 18.2 Å². The third-order valence-corrected chi connectivity index (χ3v) is 5.64. The van der Waals surface area contributed by atoms with Crippen LogP contribution in [0.4, 0.5) is 0 Å². The Balaban J connectivity index is 1.38. The quantitative estimate of drug-likeness (QED) is 0.917. The molecule has 2 fully saturated rings. The molecule has 0 spiro atoms. The van der Waals surface area contributed by atoms with E-state index in [1.54, 1.807) is 18.2 Å². The number of piperidine rings is 1. The van der Waals surface area contributed by atoms with Crippen LogP contribution in [0.15, 0.2) is 36.4 Å². The van der Waals surface area contributed by atoms with E-state index in [0.29, 0.717) is 27.6 Å². The van der Waals surface area contributed by atoms with Gasteiger partial charge in [0, 0.05) is 24.7 Å². The molecular weight excluding hydrogens is 332 g/mol. The molecule has 6 heteroatoms. The monoisotopic (exact) mass is 348 g/mol. The maximum atomic E-state index is 12.4. The highest BCUT2D eigenvalue weighted by atomic mass is 35.5. The first-order valence-corrected chi connectivity index (χ1v) is 8.93. The van der Waals surface area contributed by atoms with Crippen molar-refractivity contribution in [1.82, 2.24) is 10.2 Å². The summed E-state index contributed by atoms with van der Waals surface area (Å²) in [5.41, 5.74) is 0.666. The number of rotatable bonds is 4. The number of carbonyl (C=O) groups is 1. The fraction of sp³-hybridized carbons (Fsp3) is 0.353. The van der Waals surface area contributed by atoms with Gasteiger partial charge in [-0.3, -0.25) is 4.79 Å². The number of hydrogen-bond donors (Lipinski definition) is 1. The second-order valence-electron chi connectivity index (χ2n) is 6.07. The zero-order chi connectivity index (χ0) is 15.8. The van der Waals surface area contributed by atoms with Gasteiger partial charge in [-0.1, -0.05) is 22.9 Å². The highest BCUT2D eigenvalue weighted by molar-refractivity contribution is 7.17. The van der Waals surface area contributed by atoms with Crippen molar-refractivity contribution in [3.05, 3.63) is 46.3 Å². The average molecular weight is 349 g/mol. The van der Waals surface area contributed by atoms with E-state index in [-0.39, 0.29) is 5.91 Å². The Kier molecular flexibility index (Phi) is 4.01. The van der Waals surface area contributed by atoms with E-state index in [0.717, 1.165) is 18.2 Å². The van der Waals surface area contributed by atoms with Crippen molar-refractivity contribution in [2.45, 2.75) is 12.5 Å². The molecule has 3 unspecified atom stereocenters. The van der Waals surface area contributed by atoms with E-state index in [2.05, 4.69) is 10.2 Å². The highest BCUT2D eigenvalue weighted by Gasteiger charge is 2.38. The second kappa shape index (κ2) is 6.15. The summed E-state index contributed by atoms with van der Waals surface area (Å²) < 4.78 is 6.40. The van der Waals surface area contributed by atoms with Crippen LogP contribution < -0.4 is 10.1 Å². The third-order valence-electron chi connectivity index (χ3n) is 4.53. The predicted octanol–water partition coefficient (Wildman–Crippen LogP) is 3.63. The van der Waals surface area contributed by atoms with Crippen molar-refractivity contribution in [1.29, 1.82) is 0 Å². The van der Waals surface area contributed by atoms with Crippen LogP contribution in [0.5, 0.6) is 10.8 Å². The van der Waals surface area contributed by atoms with Gasteiger partial charge >= 0.3 is 0 Å². The van der Waals surface area contributed by atoms with E-state index in [1.165, 1.54) is 24.3 Å². The lowest BCUT2D eigenvalue weighted by Gasteiger charge is -2.23. The molecule has 2 saturated heterocycles. The van der Waals surface area contributed by atoms with Gasteiger partial charge in [0.25, 0.3) is 5.91 Å². The molecule has 1 amide bonds. The molecule has 23 heavy (non-hydrogen) atoms. The van der Waals surface area contributed by atoms with Crippen molar-refractivity contribution in [3.8, 4) is 10.8 Å². The summed E-state index contributed by atoms with van der Waals surface area (Å²) in [6.45, 7) is 3.29. The molecule has 0 saturated carbocycles. The van der Waals surface area contributed by atoms with Gasteiger partial charge in [-0.2, -0.15) is 0 Å². The van der Waals surface area contributed by atoms with Crippen LogP contribution in [0.1, 0.15) is 16.8 Å². The van der Waals surface area contributed by atoms with Crippen LogP contribution in [0.2, 0.25) is 4.34 Å². The van der Waals surface area contributed by atoms with Gasteiger partial charge in [-0.25, -0.2) is 0 Å². The number of thiophene rings is 1. The molecule has 1 aromatic heterocycles. The van der Waals surface area contributed by atoms with Crippen molar-refractivity contribution >= 4 is 28.8 Å². The molecule has 0 radical (unpaired) electrons. The highest BCUT2D eigenvalue weighted by Crippen LogP contribution is 2.32. The number of benzene rings is 1. The van der Waals surface area contributed by atoms with Gasteiger partial charge in [0.1, 0.15) is 5.75 Å². The zero-order valence-corrected chi connectivity index (χ0v) is 14.1. The Morgan fingerprint density at radius 3 is 2.65 bits per heavy atom. The molecule has 120 valence electrons. The van der Waals surface area contributed by atoms with Crippen LogP contribution in [0, 0.1) is 5.92 Å². The smallest absolute Gasteiger partial charge is 0.251 e. The van der Waals surface area contributed by atoms with Crippen LogP contribution in [0.25, 0.3) is 0 Å². The summed E-state index contributed by atoms with van der Waals surface area (Å²) in [7, 11) is 0. The van der Waals surface area contributed by atoms with Gasteiger partial charge in [-0.05, 0) is 55.3 Å². The number of nitrogens with one attached hydrogen (secondary N) is 1. The minimum atomic E-state index is -0.00512. The zero-order valence-electron chi connectivity index (χ0n) is 12.5. The summed E-state index contributed by atoms with van der Waals surface area (Å²) in [6, 6.07) is 11.1. The Bertz CT molecular complexity index is 716. The average Bonchev–Trinajstić information content (AvgIpc) is 3.25. The largest absolute Gasteiger partial charge is 0.447 e. The van der Waals surface area contributed by atoms with Gasteiger partial charge in [0.15, 0.2) is 5.06 Å². The van der Waals surface area contributed by atoms with Crippen molar-refractivity contribution in [2.75, 3.05) is 19.6 Å². The third kappa shape index (κ3) is 3.22. The van der Waals surface area contributed by atoms with Gasteiger partial charge in [-0.15, -0.1) is 0 Å². The van der Waals surface area contributed by atoms with Gasteiger partial charge in [0.05, 0.1) is 4.34 Å². The van der Waals surface area contributed by atoms with E-state index >= 15 is 0 Å². The molecule has 0 aliphatic carbocycles. The molecule has 3 heterocycles. The number of fused-ring (bicyclic) bond motifs is 2. The summed E-state index contributed by atoms with van der Waals surface area (Å²) in [4.78, 5) is 14.8. The Hall–Kier alpha value is -1.56. The van der Waals surface area contributed by atoms with Crippen LogP contribution in [0.3, 0.4) is 0 Å². The Morgan fingerprint density at radius 2 is 2.04 bits per heavy atom. The van der Waals surface area contributed by atoms with Gasteiger partial charge in [0.2, 0.25) is 0 Å². The fourth-order valence-corrected chi connectivity index (χ4v) is 4.24. The SMILES string of the molecule is O=C(NC1CN2CCC1C2)c1ccc(Oc2ccc(Cl)s2)cc1. The van der Waals surface area contributed by atoms with Crippen LogP contribution in [-0.4, -0.2) is 36.5 Å². The molecule has 1 N–H and O–H groups in total. The first-order valence-electron chi connectivity index (χ1n) is 7.74. The topological polar surface area (TPSA) is 41.6 Å². The van der Waals surface area contributed by atoms with Crippen molar-refractivity contribution in [3.63, 3.8) is 0 Å². The number of halogens is 1. The molecule has 4 nitrogen and oxygen atoms in total. The lowest BCUT2D eigenvalue weighted by atomic mass is 9.99. The molecule has 2 aromatic rings. The normalized spacial score (nSPS) is 25.5. The van der Waals surface area contributed by atoms with Crippen molar-refractivity contribution < 1.29 is 9.53 Å². The van der Waals surface area contributed by atoms with Gasteiger partial charge < -0.3 is 15.0 Å². The summed E-state index contributed by atoms with van der Waals surface area (Å²) in [6.07, 6.45) is 1.20. The van der Waals surface area contributed by atoms with Crippen molar-refractivity contribution in [2.24, 2.45) is 5.92 Å². The summed E-state index contributed by atoms with van der Waals surface area (Å²) in [5.74, 6) is 1.31. The molecular formula is C17H17ClN2O2S. The van der Waals surface area contributed by atoms with Crippen LogP contribution >= 0.6 is 22.9 Å². The summed E-state index contributed by atoms with van der Waals surface area (Å²) >= 11 is 7.26. The lowest BCUT2D eigenvalue weighted by Crippen LogP contribution is -2.43. The maximum absolute atomic E-state index is 12.4. The summed E-state index contributed by atoms with van der Waals surface area (Å²) in [5, 5.41) is 3.90. The van der Waals surface area contributed by atoms with Crippen LogP contribution in [-0.2, 0) is 0 Å². The fourth-order valence-electron chi connectivity index (χ4n) is 3.34.